The van der Waals surface area contributed by atoms with E-state index in [1.54, 1.807) is 6.08 Å². The largest absolute Gasteiger partial charge is 0.299 e. The number of hydrogen-bond acceptors (Lipinski definition) is 1. The van der Waals surface area contributed by atoms with Crippen LogP contribution in [0.5, 0.6) is 0 Å². The van der Waals surface area contributed by atoms with Gasteiger partial charge in [-0.05, 0) is 89.7 Å². The molecule has 1 aromatic rings. The van der Waals surface area contributed by atoms with Crippen molar-refractivity contribution in [3.05, 3.63) is 120 Å². The van der Waals surface area contributed by atoms with E-state index in [1.165, 1.54) is 47.1 Å². The summed E-state index contributed by atoms with van der Waals surface area (Å²) in [6.45, 7) is 22.1. The van der Waals surface area contributed by atoms with E-state index in [9.17, 15) is 4.79 Å². The van der Waals surface area contributed by atoms with Crippen LogP contribution in [0.4, 0.5) is 0 Å². The topological polar surface area (TPSA) is 17.1 Å². The maximum Gasteiger partial charge on any atom is 0.143 e. The molecule has 0 bridgehead atoms. The van der Waals surface area contributed by atoms with E-state index in [2.05, 4.69) is 96.0 Å². The van der Waals surface area contributed by atoms with Crippen molar-refractivity contribution in [2.24, 2.45) is 23.7 Å². The molecule has 41 heavy (non-hydrogen) atoms. The van der Waals surface area contributed by atoms with Crippen molar-refractivity contribution in [3.63, 3.8) is 0 Å². The lowest BCUT2D eigenvalue weighted by molar-refractivity contribution is -0.124. The SMILES string of the molecule is C=C/C=C\C=C1\C=CC=C(C(=C)C(=C)C(CCC)[C@@H](CCc2ccc(C(C)C(=O)C3CCCCC3)cc2)C(C)C)C1. The minimum absolute atomic E-state index is 0.00357. The maximum atomic E-state index is 13.1. The Labute approximate surface area is 251 Å². The molecule has 0 saturated heterocycles. The smallest absolute Gasteiger partial charge is 0.143 e. The van der Waals surface area contributed by atoms with Crippen LogP contribution in [0.1, 0.15) is 103 Å². The number of ketones is 1. The van der Waals surface area contributed by atoms with Gasteiger partial charge >= 0.3 is 0 Å². The van der Waals surface area contributed by atoms with Crippen LogP contribution in [0.25, 0.3) is 0 Å². The first kappa shape index (κ1) is 32.6. The predicted molar refractivity (Wildman–Crippen MR) is 179 cm³/mol. The lowest BCUT2D eigenvalue weighted by atomic mass is 9.71. The zero-order valence-electron chi connectivity index (χ0n) is 26.3. The first-order valence-electron chi connectivity index (χ1n) is 16.1. The van der Waals surface area contributed by atoms with Gasteiger partial charge in [0.05, 0.1) is 0 Å². The predicted octanol–water partition coefficient (Wildman–Crippen LogP) is 11.2. The maximum absolute atomic E-state index is 13.1. The van der Waals surface area contributed by atoms with Gasteiger partial charge in [-0.25, -0.2) is 0 Å². The summed E-state index contributed by atoms with van der Waals surface area (Å²) in [4.78, 5) is 13.1. The summed E-state index contributed by atoms with van der Waals surface area (Å²) in [6, 6.07) is 8.92. The summed E-state index contributed by atoms with van der Waals surface area (Å²) in [5.74, 6) is 2.22. The second kappa shape index (κ2) is 16.5. The highest BCUT2D eigenvalue weighted by Gasteiger charge is 2.29. The summed E-state index contributed by atoms with van der Waals surface area (Å²) < 4.78 is 0. The van der Waals surface area contributed by atoms with Gasteiger partial charge in [0, 0.05) is 11.8 Å². The van der Waals surface area contributed by atoms with Crippen LogP contribution in [0.3, 0.4) is 0 Å². The minimum Gasteiger partial charge on any atom is -0.299 e. The van der Waals surface area contributed by atoms with Crippen LogP contribution in [-0.4, -0.2) is 5.78 Å². The zero-order valence-corrected chi connectivity index (χ0v) is 26.3. The Balaban J connectivity index is 1.66. The van der Waals surface area contributed by atoms with Crippen molar-refractivity contribution in [3.8, 4) is 0 Å². The average Bonchev–Trinajstić information content (AvgIpc) is 3.00. The van der Waals surface area contributed by atoms with Crippen molar-refractivity contribution in [1.82, 2.24) is 0 Å². The molecule has 1 heteroatoms. The Morgan fingerprint density at radius 1 is 1.00 bits per heavy atom. The molecule has 3 rings (SSSR count). The number of aryl methyl sites for hydroxylation is 1. The fourth-order valence-electron chi connectivity index (χ4n) is 6.80. The van der Waals surface area contributed by atoms with Crippen molar-refractivity contribution >= 4 is 5.78 Å². The number of rotatable bonds is 15. The molecule has 3 atom stereocenters. The highest BCUT2D eigenvalue weighted by atomic mass is 16.1. The quantitative estimate of drug-likeness (QED) is 0.198. The van der Waals surface area contributed by atoms with Gasteiger partial charge in [0.1, 0.15) is 5.78 Å². The number of allylic oxidation sites excluding steroid dienone is 11. The first-order valence-corrected chi connectivity index (χ1v) is 16.1. The molecule has 1 saturated carbocycles. The Kier molecular flexibility index (Phi) is 13.1. The van der Waals surface area contributed by atoms with Crippen LogP contribution < -0.4 is 0 Å². The Bertz CT molecular complexity index is 1160. The highest BCUT2D eigenvalue weighted by Crippen LogP contribution is 2.40. The third kappa shape index (κ3) is 9.29. The van der Waals surface area contributed by atoms with Crippen LogP contribution in [0, 0.1) is 23.7 Å². The number of benzene rings is 1. The highest BCUT2D eigenvalue weighted by molar-refractivity contribution is 5.87. The van der Waals surface area contributed by atoms with E-state index in [1.807, 2.05) is 12.2 Å². The van der Waals surface area contributed by atoms with Crippen LogP contribution >= 0.6 is 0 Å². The third-order valence-corrected chi connectivity index (χ3v) is 9.44. The van der Waals surface area contributed by atoms with Crippen molar-refractivity contribution in [2.45, 2.75) is 97.8 Å². The summed E-state index contributed by atoms with van der Waals surface area (Å²) in [5.41, 5.74) is 7.39. The van der Waals surface area contributed by atoms with Gasteiger partial charge < -0.3 is 0 Å². The molecule has 1 aromatic carbocycles. The van der Waals surface area contributed by atoms with Gasteiger partial charge in [0.2, 0.25) is 0 Å². The van der Waals surface area contributed by atoms with Crippen LogP contribution in [-0.2, 0) is 11.2 Å². The first-order chi connectivity index (χ1) is 19.8. The number of carbonyl (C=O) groups excluding carboxylic acids is 1. The molecular formula is C40H54O. The fraction of sp³-hybridized carbons (Fsp3) is 0.475. The van der Waals surface area contributed by atoms with Gasteiger partial charge in [0.15, 0.2) is 0 Å². The van der Waals surface area contributed by atoms with E-state index < -0.39 is 0 Å². The van der Waals surface area contributed by atoms with Gasteiger partial charge in [-0.1, -0.05) is 140 Å². The third-order valence-electron chi connectivity index (χ3n) is 9.44. The van der Waals surface area contributed by atoms with Gasteiger partial charge in [-0.2, -0.15) is 0 Å². The summed E-state index contributed by atoms with van der Waals surface area (Å²) in [5, 5.41) is 0. The Morgan fingerprint density at radius 3 is 2.34 bits per heavy atom. The molecule has 1 nitrogen and oxygen atoms in total. The normalized spacial score (nSPS) is 19.2. The molecule has 0 N–H and O–H groups in total. The summed E-state index contributed by atoms with van der Waals surface area (Å²) >= 11 is 0. The molecule has 0 radical (unpaired) electrons. The molecule has 0 amide bonds. The Morgan fingerprint density at radius 2 is 1.71 bits per heavy atom. The van der Waals surface area contributed by atoms with E-state index in [0.29, 0.717) is 23.5 Å². The average molecular weight is 551 g/mol. The number of carbonyl (C=O) groups is 1. The van der Waals surface area contributed by atoms with Crippen molar-refractivity contribution in [1.29, 1.82) is 0 Å². The van der Waals surface area contributed by atoms with Gasteiger partial charge in [0.25, 0.3) is 0 Å². The van der Waals surface area contributed by atoms with Crippen molar-refractivity contribution in [2.75, 3.05) is 0 Å². The summed E-state index contributed by atoms with van der Waals surface area (Å²) in [6.07, 6.45) is 25.6. The van der Waals surface area contributed by atoms with E-state index in [4.69, 9.17) is 0 Å². The van der Waals surface area contributed by atoms with E-state index in [-0.39, 0.29) is 11.8 Å². The Hall–Kier alpha value is -2.93. The molecule has 0 aromatic heterocycles. The standard InChI is InChI=1S/C40H54O/c1-8-10-12-17-34-18-15-21-37(28-34)30(5)31(6)39(16-9-2)38(29(3)4)27-24-33-22-25-35(26-23-33)32(7)40(41)36-19-13-11-14-20-36/h8,10,12,15,17-18,21-23,25-26,29,32,36,38-39H,1,5-6,9,11,13-14,16,19-20,24,27-28H2,2-4,7H3/b12-10-,34-17-/t32?,38-,39?/m0/s1. The molecular weight excluding hydrogens is 496 g/mol. The van der Waals surface area contributed by atoms with Crippen molar-refractivity contribution < 1.29 is 4.79 Å². The molecule has 0 aliphatic heterocycles. The molecule has 2 unspecified atom stereocenters. The minimum atomic E-state index is -0.00357. The molecule has 0 spiro atoms. The monoisotopic (exact) mass is 550 g/mol. The zero-order chi connectivity index (χ0) is 29.8. The number of Topliss-reactive ketones (excluding diaryl/α,β-unsaturated/α-hetero) is 1. The molecule has 2 aliphatic rings. The second-order valence-corrected chi connectivity index (χ2v) is 12.6. The van der Waals surface area contributed by atoms with Crippen LogP contribution in [0.2, 0.25) is 0 Å². The van der Waals surface area contributed by atoms with E-state index >= 15 is 0 Å². The van der Waals surface area contributed by atoms with Crippen LogP contribution in [0.15, 0.2) is 109 Å². The fourth-order valence-corrected chi connectivity index (χ4v) is 6.80. The molecule has 1 fully saturated rings. The van der Waals surface area contributed by atoms with E-state index in [0.717, 1.165) is 50.5 Å². The lowest BCUT2D eigenvalue weighted by Crippen LogP contribution is -2.24. The summed E-state index contributed by atoms with van der Waals surface area (Å²) in [7, 11) is 0. The van der Waals surface area contributed by atoms with Gasteiger partial charge in [-0.3, -0.25) is 4.79 Å². The molecule has 0 heterocycles. The molecule has 220 valence electrons. The number of hydrogen-bond donors (Lipinski definition) is 0. The van der Waals surface area contributed by atoms with Gasteiger partial charge in [-0.15, -0.1) is 0 Å². The second-order valence-electron chi connectivity index (χ2n) is 12.6. The lowest BCUT2D eigenvalue weighted by Gasteiger charge is -2.33. The molecule has 2 aliphatic carbocycles.